The standard InChI is InChI=1S/C15H11.Hf.2HI/c1-2-6-12(7-3-1)15-11-10-13-8-4-5-9-14(13)15;;;/h1-10,15H;;2*1H/q-1;;;/p-2. The molecule has 1 atom stereocenters. The quantitative estimate of drug-likeness (QED) is 0.190. The van der Waals surface area contributed by atoms with Crippen LogP contribution in [-0.2, 0) is 25.8 Å². The molecule has 0 fully saturated rings. The Bertz CT molecular complexity index is 509. The van der Waals surface area contributed by atoms with Crippen LogP contribution in [0.15, 0.2) is 54.6 Å². The van der Waals surface area contributed by atoms with Gasteiger partial charge in [0, 0.05) is 25.8 Å². The summed E-state index contributed by atoms with van der Waals surface area (Å²) in [5, 5.41) is 0. The first kappa shape index (κ1) is 18.5. The Morgan fingerprint density at radius 3 is 2.11 bits per heavy atom. The molecule has 0 bridgehead atoms. The molecule has 0 N–H and O–H groups in total. The van der Waals surface area contributed by atoms with Gasteiger partial charge < -0.3 is 48.0 Å². The van der Waals surface area contributed by atoms with Crippen LogP contribution in [0.4, 0.5) is 0 Å². The Kier molecular flexibility index (Phi) is 8.88. The van der Waals surface area contributed by atoms with E-state index in [-0.39, 0.29) is 73.8 Å². The molecule has 0 aromatic heterocycles. The van der Waals surface area contributed by atoms with Gasteiger partial charge in [-0.3, -0.25) is 6.08 Å². The van der Waals surface area contributed by atoms with Gasteiger partial charge in [0.15, 0.2) is 0 Å². The molecule has 0 saturated carbocycles. The summed E-state index contributed by atoms with van der Waals surface area (Å²) in [6, 6.07) is 19.0. The minimum Gasteiger partial charge on any atom is -1.00 e. The average molecular weight is 624 g/mol. The summed E-state index contributed by atoms with van der Waals surface area (Å²) in [6.07, 6.45) is 5.50. The summed E-state index contributed by atoms with van der Waals surface area (Å²) in [7, 11) is 0. The second-order valence-corrected chi connectivity index (χ2v) is 3.78. The predicted octanol–water partition coefficient (Wildman–Crippen LogP) is -2.35. The van der Waals surface area contributed by atoms with E-state index < -0.39 is 0 Å². The molecule has 1 aliphatic rings. The van der Waals surface area contributed by atoms with Crippen molar-refractivity contribution in [3.8, 4) is 0 Å². The summed E-state index contributed by atoms with van der Waals surface area (Å²) in [5.74, 6) is 0.322. The van der Waals surface area contributed by atoms with Crippen LogP contribution in [0.1, 0.15) is 22.6 Å². The fraction of sp³-hybridized carbons (Fsp3) is 0.0667. The maximum Gasteiger partial charge on any atom is 0 e. The molecular weight excluding hydrogens is 612 g/mol. The minimum absolute atomic E-state index is 0. The predicted molar refractivity (Wildman–Crippen MR) is 62.4 cm³/mol. The van der Waals surface area contributed by atoms with Gasteiger partial charge in [0.2, 0.25) is 0 Å². The van der Waals surface area contributed by atoms with Gasteiger partial charge in [0.1, 0.15) is 0 Å². The number of halogens is 2. The third-order valence-electron chi connectivity index (χ3n) is 2.85. The van der Waals surface area contributed by atoms with Gasteiger partial charge in [0.25, 0.3) is 0 Å². The number of fused-ring (bicyclic) bond motifs is 1. The number of allylic oxidation sites excluding steroid dienone is 1. The number of hydrogen-bond acceptors (Lipinski definition) is 0. The zero-order valence-corrected chi connectivity index (χ0v) is 17.5. The molecule has 0 heterocycles. The van der Waals surface area contributed by atoms with E-state index in [1.54, 1.807) is 0 Å². The molecule has 2 aromatic rings. The SMILES string of the molecule is [C-]1=Cc2ccccc2C1c1ccccc1.[Hf].[I-].[I-]. The van der Waals surface area contributed by atoms with Crippen molar-refractivity contribution in [1.82, 2.24) is 0 Å². The van der Waals surface area contributed by atoms with Crippen molar-refractivity contribution < 1.29 is 73.8 Å². The van der Waals surface area contributed by atoms with E-state index in [2.05, 4.69) is 60.7 Å². The molecule has 92 valence electrons. The van der Waals surface area contributed by atoms with Crippen LogP contribution >= 0.6 is 0 Å². The Hall–Kier alpha value is 0.510. The van der Waals surface area contributed by atoms with Gasteiger partial charge in [0.05, 0.1) is 0 Å². The summed E-state index contributed by atoms with van der Waals surface area (Å²) in [4.78, 5) is 0. The van der Waals surface area contributed by atoms with E-state index >= 15 is 0 Å². The monoisotopic (exact) mass is 625 g/mol. The molecule has 0 nitrogen and oxygen atoms in total. The van der Waals surface area contributed by atoms with Crippen molar-refractivity contribution in [1.29, 1.82) is 0 Å². The molecule has 0 amide bonds. The number of rotatable bonds is 1. The van der Waals surface area contributed by atoms with Gasteiger partial charge in [-0.2, -0.15) is 5.56 Å². The Balaban J connectivity index is 0.000000963. The second-order valence-electron chi connectivity index (χ2n) is 3.78. The van der Waals surface area contributed by atoms with Crippen molar-refractivity contribution >= 4 is 6.08 Å². The van der Waals surface area contributed by atoms with Crippen molar-refractivity contribution in [2.45, 2.75) is 5.92 Å². The first-order chi connectivity index (χ1) is 7.45. The van der Waals surface area contributed by atoms with Crippen molar-refractivity contribution in [2.75, 3.05) is 0 Å². The van der Waals surface area contributed by atoms with Gasteiger partial charge in [-0.1, -0.05) is 60.0 Å². The summed E-state index contributed by atoms with van der Waals surface area (Å²) in [6.45, 7) is 0. The van der Waals surface area contributed by atoms with E-state index in [4.69, 9.17) is 0 Å². The molecule has 0 saturated heterocycles. The third kappa shape index (κ3) is 3.76. The van der Waals surface area contributed by atoms with Crippen LogP contribution in [0.5, 0.6) is 0 Å². The van der Waals surface area contributed by atoms with Gasteiger partial charge in [-0.25, -0.2) is 6.08 Å². The molecule has 1 aliphatic carbocycles. The number of benzene rings is 2. The average Bonchev–Trinajstić information content (AvgIpc) is 2.74. The minimum atomic E-state index is 0. The largest absolute Gasteiger partial charge is 1.00 e. The first-order valence-electron chi connectivity index (χ1n) is 5.18. The molecule has 0 spiro atoms. The Morgan fingerprint density at radius 2 is 1.39 bits per heavy atom. The van der Waals surface area contributed by atoms with Crippen LogP contribution in [0.25, 0.3) is 6.08 Å². The summed E-state index contributed by atoms with van der Waals surface area (Å²) < 4.78 is 0. The molecular formula is C15H11HfI2-3. The summed E-state index contributed by atoms with van der Waals surface area (Å²) >= 11 is 0. The number of hydrogen-bond donors (Lipinski definition) is 0. The molecule has 2 aromatic carbocycles. The van der Waals surface area contributed by atoms with Gasteiger partial charge >= 0.3 is 0 Å². The molecule has 0 aliphatic heterocycles. The zero-order chi connectivity index (χ0) is 10.1. The van der Waals surface area contributed by atoms with Crippen LogP contribution < -0.4 is 48.0 Å². The first-order valence-corrected chi connectivity index (χ1v) is 5.18. The van der Waals surface area contributed by atoms with Crippen LogP contribution in [-0.4, -0.2) is 0 Å². The topological polar surface area (TPSA) is 0 Å². The molecule has 3 heteroatoms. The normalized spacial score (nSPS) is 14.8. The van der Waals surface area contributed by atoms with Crippen LogP contribution in [0, 0.1) is 6.08 Å². The van der Waals surface area contributed by atoms with Gasteiger partial charge in [-0.05, 0) is 0 Å². The maximum atomic E-state index is 3.41. The molecule has 1 unspecified atom stereocenters. The molecule has 18 heavy (non-hydrogen) atoms. The third-order valence-corrected chi connectivity index (χ3v) is 2.85. The molecule has 0 radical (unpaired) electrons. The smallest absolute Gasteiger partial charge is 0 e. The van der Waals surface area contributed by atoms with Crippen molar-refractivity contribution in [2.24, 2.45) is 0 Å². The van der Waals surface area contributed by atoms with Crippen molar-refractivity contribution in [3.63, 3.8) is 0 Å². The van der Waals surface area contributed by atoms with E-state index in [0.29, 0.717) is 5.92 Å². The van der Waals surface area contributed by atoms with E-state index in [1.807, 2.05) is 6.07 Å². The van der Waals surface area contributed by atoms with E-state index in [1.165, 1.54) is 16.7 Å². The fourth-order valence-corrected chi connectivity index (χ4v) is 2.09. The van der Waals surface area contributed by atoms with E-state index in [0.717, 1.165) is 0 Å². The fourth-order valence-electron chi connectivity index (χ4n) is 2.09. The van der Waals surface area contributed by atoms with E-state index in [9.17, 15) is 0 Å². The zero-order valence-electron chi connectivity index (χ0n) is 9.61. The van der Waals surface area contributed by atoms with Gasteiger partial charge in [-0.15, -0.1) is 11.6 Å². The van der Waals surface area contributed by atoms with Crippen LogP contribution in [0.2, 0.25) is 0 Å². The molecule has 3 rings (SSSR count). The maximum absolute atomic E-state index is 3.41. The Labute approximate surface area is 161 Å². The Morgan fingerprint density at radius 1 is 0.778 bits per heavy atom. The summed E-state index contributed by atoms with van der Waals surface area (Å²) in [5.41, 5.74) is 3.98. The van der Waals surface area contributed by atoms with Crippen LogP contribution in [0.3, 0.4) is 0 Å². The second kappa shape index (κ2) is 8.64. The van der Waals surface area contributed by atoms with Crippen molar-refractivity contribution in [3.05, 3.63) is 77.4 Å².